The van der Waals surface area contributed by atoms with Crippen LogP contribution >= 0.6 is 24.0 Å². The molecule has 3 rings (SSSR count). The number of nitrogens with one attached hydrogen (secondary N) is 1. The molecule has 10 heteroatoms. The topological polar surface area (TPSA) is 96.7 Å². The fourth-order valence-electron chi connectivity index (χ4n) is 3.14. The van der Waals surface area contributed by atoms with Gasteiger partial charge in [-0.2, -0.15) is 0 Å². The van der Waals surface area contributed by atoms with E-state index in [4.69, 9.17) is 16.6 Å². The monoisotopic (exact) mass is 428 g/mol. The molecule has 0 saturated carbocycles. The molecule has 0 unspecified atom stereocenters. The minimum atomic E-state index is -3.11. The van der Waals surface area contributed by atoms with E-state index in [1.807, 2.05) is 13.8 Å². The molecule has 0 aromatic carbocycles. The van der Waals surface area contributed by atoms with E-state index in [9.17, 15) is 18.0 Å². The van der Waals surface area contributed by atoms with Crippen molar-refractivity contribution in [3.8, 4) is 0 Å². The second kappa shape index (κ2) is 7.76. The molecule has 146 valence electrons. The molecule has 1 aromatic rings. The highest BCUT2D eigenvalue weighted by Gasteiger charge is 2.43. The van der Waals surface area contributed by atoms with Gasteiger partial charge in [0.25, 0.3) is 5.91 Å². The first-order chi connectivity index (χ1) is 12.7. The lowest BCUT2D eigenvalue weighted by atomic mass is 10.0. The number of thioether (sulfide) groups is 1. The maximum atomic E-state index is 12.9. The van der Waals surface area contributed by atoms with Gasteiger partial charge in [-0.25, -0.2) is 8.42 Å². The highest BCUT2D eigenvalue weighted by molar-refractivity contribution is 8.26. The molecule has 0 aliphatic carbocycles. The zero-order chi connectivity index (χ0) is 19.8. The summed E-state index contributed by atoms with van der Waals surface area (Å²) in [5.74, 6) is -0.417. The Balaban J connectivity index is 1.79. The quantitative estimate of drug-likeness (QED) is 0.564. The minimum Gasteiger partial charge on any atom is -0.465 e. The first kappa shape index (κ1) is 20.1. The van der Waals surface area contributed by atoms with Crippen molar-refractivity contribution >= 4 is 56.0 Å². The fourth-order valence-corrected chi connectivity index (χ4v) is 6.12. The summed E-state index contributed by atoms with van der Waals surface area (Å²) in [6, 6.07) is 2.20. The Morgan fingerprint density at radius 3 is 2.78 bits per heavy atom. The lowest BCUT2D eigenvalue weighted by Gasteiger charge is -2.29. The van der Waals surface area contributed by atoms with Crippen molar-refractivity contribution in [2.45, 2.75) is 32.4 Å². The van der Waals surface area contributed by atoms with E-state index >= 15 is 0 Å². The summed E-state index contributed by atoms with van der Waals surface area (Å²) >= 11 is 6.46. The SMILES string of the molecule is CC(C)[C@@H](C(=O)N[C@@H]1CCS(=O)(=O)C1)N1C(=O)/C(=C\c2ccco2)SC1=S. The van der Waals surface area contributed by atoms with Crippen LogP contribution in [0.1, 0.15) is 26.0 Å². The summed E-state index contributed by atoms with van der Waals surface area (Å²) in [5.41, 5.74) is 0. The van der Waals surface area contributed by atoms with Gasteiger partial charge in [0, 0.05) is 12.1 Å². The van der Waals surface area contributed by atoms with E-state index in [1.165, 1.54) is 11.2 Å². The molecule has 0 spiro atoms. The third-order valence-electron chi connectivity index (χ3n) is 4.40. The van der Waals surface area contributed by atoms with E-state index in [0.29, 0.717) is 21.4 Å². The molecule has 0 radical (unpaired) electrons. The first-order valence-corrected chi connectivity index (χ1v) is 11.5. The Morgan fingerprint density at radius 2 is 2.22 bits per heavy atom. The minimum absolute atomic E-state index is 0.0667. The molecule has 1 aromatic heterocycles. The van der Waals surface area contributed by atoms with E-state index in [-0.39, 0.29) is 29.2 Å². The highest BCUT2D eigenvalue weighted by Crippen LogP contribution is 2.35. The van der Waals surface area contributed by atoms with Crippen LogP contribution in [0.25, 0.3) is 6.08 Å². The van der Waals surface area contributed by atoms with Crippen LogP contribution in [0.15, 0.2) is 27.7 Å². The molecule has 2 atom stereocenters. The Morgan fingerprint density at radius 1 is 1.48 bits per heavy atom. The summed E-state index contributed by atoms with van der Waals surface area (Å²) in [7, 11) is -3.11. The summed E-state index contributed by atoms with van der Waals surface area (Å²) in [5, 5.41) is 2.78. The van der Waals surface area contributed by atoms with Gasteiger partial charge < -0.3 is 9.73 Å². The molecule has 2 fully saturated rings. The van der Waals surface area contributed by atoms with E-state index in [1.54, 1.807) is 18.2 Å². The van der Waals surface area contributed by atoms with Crippen LogP contribution in [-0.4, -0.2) is 53.0 Å². The van der Waals surface area contributed by atoms with Gasteiger partial charge >= 0.3 is 0 Å². The first-order valence-electron chi connectivity index (χ1n) is 8.49. The van der Waals surface area contributed by atoms with Crippen molar-refractivity contribution in [1.29, 1.82) is 0 Å². The van der Waals surface area contributed by atoms with Crippen LogP contribution in [0.3, 0.4) is 0 Å². The number of nitrogens with zero attached hydrogens (tertiary/aromatic N) is 1. The van der Waals surface area contributed by atoms with Gasteiger partial charge in [0.05, 0.1) is 22.7 Å². The Hall–Kier alpha value is -1.65. The average Bonchev–Trinajstić information content (AvgIpc) is 3.25. The molecule has 0 bridgehead atoms. The molecule has 7 nitrogen and oxygen atoms in total. The highest BCUT2D eigenvalue weighted by atomic mass is 32.2. The van der Waals surface area contributed by atoms with Crippen LogP contribution < -0.4 is 5.32 Å². The lowest BCUT2D eigenvalue weighted by Crippen LogP contribution is -2.53. The number of sulfone groups is 1. The van der Waals surface area contributed by atoms with Crippen molar-refractivity contribution in [2.75, 3.05) is 11.5 Å². The van der Waals surface area contributed by atoms with Crippen molar-refractivity contribution < 1.29 is 22.4 Å². The summed E-state index contributed by atoms with van der Waals surface area (Å²) < 4.78 is 28.8. The van der Waals surface area contributed by atoms with Gasteiger partial charge in [-0.15, -0.1) is 0 Å². The molecule has 1 N–H and O–H groups in total. The molecule has 3 heterocycles. The van der Waals surface area contributed by atoms with Crippen LogP contribution in [0.2, 0.25) is 0 Å². The fraction of sp³-hybridized carbons (Fsp3) is 0.471. The van der Waals surface area contributed by atoms with Crippen LogP contribution in [0.5, 0.6) is 0 Å². The number of carbonyl (C=O) groups excluding carboxylic acids is 2. The number of carbonyl (C=O) groups is 2. The average molecular weight is 429 g/mol. The van der Waals surface area contributed by atoms with Gasteiger partial charge in [-0.1, -0.05) is 37.8 Å². The van der Waals surface area contributed by atoms with Crippen molar-refractivity contribution in [3.05, 3.63) is 29.1 Å². The molecule has 27 heavy (non-hydrogen) atoms. The molecule has 2 amide bonds. The predicted molar refractivity (Wildman–Crippen MR) is 108 cm³/mol. The molecular weight excluding hydrogens is 408 g/mol. The predicted octanol–water partition coefficient (Wildman–Crippen LogP) is 1.81. The zero-order valence-electron chi connectivity index (χ0n) is 14.9. The number of rotatable bonds is 5. The second-order valence-corrected chi connectivity index (χ2v) is 10.8. The van der Waals surface area contributed by atoms with Crippen LogP contribution in [0.4, 0.5) is 0 Å². The summed E-state index contributed by atoms with van der Waals surface area (Å²) in [6.45, 7) is 3.65. The maximum Gasteiger partial charge on any atom is 0.267 e. The largest absolute Gasteiger partial charge is 0.465 e. The van der Waals surface area contributed by atoms with Crippen molar-refractivity contribution in [1.82, 2.24) is 10.2 Å². The third kappa shape index (κ3) is 4.44. The summed E-state index contributed by atoms with van der Waals surface area (Å²) in [6.07, 6.45) is 3.49. The van der Waals surface area contributed by atoms with Crippen LogP contribution in [0, 0.1) is 5.92 Å². The molecule has 2 aliphatic heterocycles. The Labute approximate surface area is 167 Å². The van der Waals surface area contributed by atoms with Gasteiger partial charge in [-0.3, -0.25) is 14.5 Å². The van der Waals surface area contributed by atoms with Gasteiger partial charge in [-0.05, 0) is 24.5 Å². The number of hydrogen-bond acceptors (Lipinski definition) is 7. The Bertz CT molecular complexity index is 890. The van der Waals surface area contributed by atoms with Crippen molar-refractivity contribution in [3.63, 3.8) is 0 Å². The van der Waals surface area contributed by atoms with E-state index < -0.39 is 21.9 Å². The van der Waals surface area contributed by atoms with Crippen molar-refractivity contribution in [2.24, 2.45) is 5.92 Å². The zero-order valence-corrected chi connectivity index (χ0v) is 17.3. The van der Waals surface area contributed by atoms with Gasteiger partial charge in [0.15, 0.2) is 9.84 Å². The van der Waals surface area contributed by atoms with Gasteiger partial charge in [0.2, 0.25) is 5.91 Å². The maximum absolute atomic E-state index is 12.9. The number of hydrogen-bond donors (Lipinski definition) is 1. The molecule has 2 aliphatic rings. The molecular formula is C17H20N2O5S3. The normalized spacial score (nSPS) is 24.8. The smallest absolute Gasteiger partial charge is 0.267 e. The van der Waals surface area contributed by atoms with Crippen LogP contribution in [-0.2, 0) is 19.4 Å². The van der Waals surface area contributed by atoms with Gasteiger partial charge in [0.1, 0.15) is 16.1 Å². The van der Waals surface area contributed by atoms with E-state index in [0.717, 1.165) is 11.8 Å². The molecule has 2 saturated heterocycles. The summed E-state index contributed by atoms with van der Waals surface area (Å²) in [4.78, 5) is 27.4. The second-order valence-electron chi connectivity index (χ2n) is 6.86. The number of thiocarbonyl (C=S) groups is 1. The lowest BCUT2D eigenvalue weighted by molar-refractivity contribution is -0.134. The van der Waals surface area contributed by atoms with E-state index in [2.05, 4.69) is 5.32 Å². The number of furan rings is 1. The standard InChI is InChI=1S/C17H20N2O5S3/c1-10(2)14(15(20)18-11-5-7-27(22,23)9-11)19-16(21)13(26-17(19)25)8-12-4-3-6-24-12/h3-4,6,8,10-11,14H,5,7,9H2,1-2H3,(H,18,20)/b13-8+/t11-,14+/m1/s1. The third-order valence-corrected chi connectivity index (χ3v) is 7.50. The Kier molecular flexibility index (Phi) is 5.78. The number of amides is 2.